The van der Waals surface area contributed by atoms with Gasteiger partial charge in [-0.05, 0) is 100.0 Å². The second kappa shape index (κ2) is 12.2. The molecule has 0 saturated carbocycles. The fourth-order valence-electron chi connectivity index (χ4n) is 8.54. The van der Waals surface area contributed by atoms with E-state index in [0.29, 0.717) is 5.82 Å². The SMILES string of the molecule is C=C(/N=C(\C=C(/C)c1ccccc1)c1ccccc1)n1c2ccccc2c2cc3c(cc21)C(C)(C)c1ccc(-c2ccc4oc5ccccc5c4c2)cc1-3. The van der Waals surface area contributed by atoms with Crippen LogP contribution in [0, 0.1) is 0 Å². The molecule has 0 amide bonds. The first-order chi connectivity index (χ1) is 26.3. The number of aromatic nitrogens is 1. The highest BCUT2D eigenvalue weighted by Gasteiger charge is 2.36. The minimum atomic E-state index is -0.196. The predicted octanol–water partition coefficient (Wildman–Crippen LogP) is 13.7. The van der Waals surface area contributed by atoms with Crippen LogP contribution in [0.15, 0.2) is 180 Å². The zero-order valence-corrected chi connectivity index (χ0v) is 30.6. The molecule has 3 nitrogen and oxygen atoms in total. The average molecular weight is 695 g/mol. The van der Waals surface area contributed by atoms with Gasteiger partial charge in [0, 0.05) is 32.5 Å². The van der Waals surface area contributed by atoms with E-state index in [1.807, 2.05) is 24.3 Å². The summed E-state index contributed by atoms with van der Waals surface area (Å²) in [6.07, 6.45) is 2.17. The highest BCUT2D eigenvalue weighted by atomic mass is 16.3. The molecule has 0 spiro atoms. The van der Waals surface area contributed by atoms with E-state index in [1.165, 1.54) is 49.7 Å². The molecule has 0 aliphatic heterocycles. The maximum atomic E-state index is 6.15. The number of aliphatic imine (C=N–C) groups is 1. The van der Waals surface area contributed by atoms with Gasteiger partial charge in [-0.2, -0.15) is 0 Å². The fraction of sp³-hybridized carbons (Fsp3) is 0.0784. The van der Waals surface area contributed by atoms with Crippen LogP contribution in [0.5, 0.6) is 0 Å². The molecule has 0 unspecified atom stereocenters. The van der Waals surface area contributed by atoms with Crippen molar-refractivity contribution in [2.24, 2.45) is 4.99 Å². The van der Waals surface area contributed by atoms with E-state index >= 15 is 0 Å². The lowest BCUT2D eigenvalue weighted by atomic mass is 9.82. The maximum absolute atomic E-state index is 6.15. The Hall–Kier alpha value is -6.71. The summed E-state index contributed by atoms with van der Waals surface area (Å²) in [5.41, 5.74) is 15.6. The van der Waals surface area contributed by atoms with Gasteiger partial charge in [0.05, 0.1) is 16.7 Å². The molecule has 0 bridgehead atoms. The number of para-hydroxylation sites is 2. The van der Waals surface area contributed by atoms with Crippen LogP contribution in [0.2, 0.25) is 0 Å². The standard InChI is InChI=1S/C51H38N2O/c1-32(34-15-7-5-8-16-34)27-46(35-17-9-6-10-18-35)52-33(2)53-47-21-13-11-19-38(47)42-30-41-40-28-36(23-25-44(40)51(3,4)45(41)31-48(42)53)37-24-26-50-43(29-37)39-20-12-14-22-49(39)54-50/h5-31H,2H2,1,3-4H3/b32-27+,52-46+. The molecule has 0 atom stereocenters. The van der Waals surface area contributed by atoms with Gasteiger partial charge >= 0.3 is 0 Å². The first-order valence-electron chi connectivity index (χ1n) is 18.6. The van der Waals surface area contributed by atoms with Crippen LogP contribution in [-0.2, 0) is 5.41 Å². The number of hydrogen-bond donors (Lipinski definition) is 0. The van der Waals surface area contributed by atoms with Gasteiger partial charge in [-0.3, -0.25) is 4.57 Å². The van der Waals surface area contributed by atoms with Crippen LogP contribution in [0.4, 0.5) is 0 Å². The topological polar surface area (TPSA) is 30.4 Å². The molecule has 54 heavy (non-hydrogen) atoms. The molecule has 7 aromatic carbocycles. The van der Waals surface area contributed by atoms with Gasteiger partial charge in [0.2, 0.25) is 0 Å². The molecule has 3 heteroatoms. The lowest BCUT2D eigenvalue weighted by molar-refractivity contribution is 0.661. The van der Waals surface area contributed by atoms with Crippen LogP contribution >= 0.6 is 0 Å². The minimum absolute atomic E-state index is 0.196. The number of benzene rings is 7. The van der Waals surface area contributed by atoms with E-state index in [1.54, 1.807) is 0 Å². The molecule has 258 valence electrons. The Morgan fingerprint density at radius 2 is 1.20 bits per heavy atom. The first-order valence-corrected chi connectivity index (χ1v) is 18.6. The van der Waals surface area contributed by atoms with Crippen molar-refractivity contribution in [3.63, 3.8) is 0 Å². The van der Waals surface area contributed by atoms with Gasteiger partial charge in [-0.25, -0.2) is 4.99 Å². The number of fused-ring (bicyclic) bond motifs is 9. The van der Waals surface area contributed by atoms with Gasteiger partial charge in [-0.15, -0.1) is 0 Å². The Morgan fingerprint density at radius 3 is 2.00 bits per heavy atom. The van der Waals surface area contributed by atoms with Gasteiger partial charge in [0.15, 0.2) is 0 Å². The Bertz CT molecular complexity index is 3030. The summed E-state index contributed by atoms with van der Waals surface area (Å²) in [6.45, 7) is 11.5. The third kappa shape index (κ3) is 5.00. The van der Waals surface area contributed by atoms with Crippen LogP contribution in [-0.4, -0.2) is 10.3 Å². The summed E-state index contributed by atoms with van der Waals surface area (Å²) in [4.78, 5) is 5.31. The van der Waals surface area contributed by atoms with Crippen LogP contribution in [0.1, 0.15) is 43.0 Å². The van der Waals surface area contributed by atoms with E-state index in [0.717, 1.165) is 49.8 Å². The van der Waals surface area contributed by atoms with Crippen LogP contribution in [0.25, 0.3) is 77.4 Å². The summed E-state index contributed by atoms with van der Waals surface area (Å²) in [6, 6.07) is 56.1. The number of rotatable bonds is 6. The Kier molecular flexibility index (Phi) is 7.21. The monoisotopic (exact) mass is 694 g/mol. The highest BCUT2D eigenvalue weighted by Crippen LogP contribution is 2.52. The maximum Gasteiger partial charge on any atom is 0.135 e. The molecule has 2 aromatic heterocycles. The summed E-state index contributed by atoms with van der Waals surface area (Å²) in [5, 5.41) is 4.66. The molecule has 1 aliphatic carbocycles. The fourth-order valence-corrected chi connectivity index (χ4v) is 8.54. The minimum Gasteiger partial charge on any atom is -0.456 e. The average Bonchev–Trinajstić information content (AvgIpc) is 3.82. The molecule has 0 N–H and O–H groups in total. The van der Waals surface area contributed by atoms with Crippen molar-refractivity contribution in [3.8, 4) is 22.3 Å². The zero-order chi connectivity index (χ0) is 36.6. The number of nitrogens with zero attached hydrogens (tertiary/aromatic N) is 2. The van der Waals surface area contributed by atoms with Gasteiger partial charge in [-0.1, -0.05) is 136 Å². The quantitative estimate of drug-likeness (QED) is 0.159. The molecule has 0 radical (unpaired) electrons. The largest absolute Gasteiger partial charge is 0.456 e. The van der Waals surface area contributed by atoms with E-state index in [9.17, 15) is 0 Å². The summed E-state index contributed by atoms with van der Waals surface area (Å²) >= 11 is 0. The molecule has 0 saturated heterocycles. The number of allylic oxidation sites excluding steroid dienone is 2. The van der Waals surface area contributed by atoms with Crippen molar-refractivity contribution in [2.75, 3.05) is 0 Å². The lowest BCUT2D eigenvalue weighted by Gasteiger charge is -2.22. The number of hydrogen-bond acceptors (Lipinski definition) is 2. The van der Waals surface area contributed by atoms with Crippen LogP contribution in [0.3, 0.4) is 0 Å². The predicted molar refractivity (Wildman–Crippen MR) is 228 cm³/mol. The molecular weight excluding hydrogens is 657 g/mol. The summed E-state index contributed by atoms with van der Waals surface area (Å²) in [7, 11) is 0. The summed E-state index contributed by atoms with van der Waals surface area (Å²) in [5.74, 6) is 0.676. The molecule has 1 aliphatic rings. The van der Waals surface area contributed by atoms with Crippen molar-refractivity contribution in [3.05, 3.63) is 193 Å². The second-order valence-electron chi connectivity index (χ2n) is 14.9. The van der Waals surface area contributed by atoms with E-state index in [4.69, 9.17) is 9.41 Å². The highest BCUT2D eigenvalue weighted by molar-refractivity contribution is 6.16. The van der Waals surface area contributed by atoms with Crippen molar-refractivity contribution in [2.45, 2.75) is 26.2 Å². The van der Waals surface area contributed by atoms with E-state index in [-0.39, 0.29) is 5.41 Å². The molecule has 9 aromatic rings. The van der Waals surface area contributed by atoms with Crippen molar-refractivity contribution in [1.29, 1.82) is 0 Å². The van der Waals surface area contributed by atoms with Gasteiger partial charge in [0.25, 0.3) is 0 Å². The Labute approximate surface area is 314 Å². The van der Waals surface area contributed by atoms with Crippen molar-refractivity contribution in [1.82, 2.24) is 4.57 Å². The molecule has 2 heterocycles. The van der Waals surface area contributed by atoms with Gasteiger partial charge < -0.3 is 4.42 Å². The van der Waals surface area contributed by atoms with Crippen LogP contribution < -0.4 is 0 Å². The van der Waals surface area contributed by atoms with E-state index in [2.05, 4.69) is 171 Å². The zero-order valence-electron chi connectivity index (χ0n) is 30.6. The van der Waals surface area contributed by atoms with Gasteiger partial charge in [0.1, 0.15) is 17.0 Å². The van der Waals surface area contributed by atoms with Crippen molar-refractivity contribution < 1.29 is 4.42 Å². The molecule has 10 rings (SSSR count). The van der Waals surface area contributed by atoms with E-state index < -0.39 is 0 Å². The Balaban J connectivity index is 1.13. The molecular formula is C51H38N2O. The first kappa shape index (κ1) is 32.0. The van der Waals surface area contributed by atoms with Crippen molar-refractivity contribution >= 4 is 60.9 Å². The third-order valence-corrected chi connectivity index (χ3v) is 11.3. The number of furan rings is 1. The molecule has 0 fully saturated rings. The normalized spacial score (nSPS) is 13.9. The Morgan fingerprint density at radius 1 is 0.574 bits per heavy atom. The third-order valence-electron chi connectivity index (χ3n) is 11.3. The summed E-state index contributed by atoms with van der Waals surface area (Å²) < 4.78 is 8.39. The second-order valence-corrected chi connectivity index (χ2v) is 14.9. The smallest absolute Gasteiger partial charge is 0.135 e. The lowest BCUT2D eigenvalue weighted by Crippen LogP contribution is -2.15.